The molecule has 1 rings (SSSR count). The summed E-state index contributed by atoms with van der Waals surface area (Å²) in [5, 5.41) is 8.49. The van der Waals surface area contributed by atoms with Crippen molar-refractivity contribution in [1.29, 1.82) is 0 Å². The van der Waals surface area contributed by atoms with E-state index < -0.39 is 23.5 Å². The number of hydrogen-bond acceptors (Lipinski definition) is 2. The lowest BCUT2D eigenvalue weighted by Crippen LogP contribution is -2.15. The van der Waals surface area contributed by atoms with Crippen LogP contribution >= 0.6 is 11.6 Å². The van der Waals surface area contributed by atoms with Crippen molar-refractivity contribution in [2.45, 2.75) is 13.3 Å². The Bertz CT molecular complexity index is 431. The highest BCUT2D eigenvalue weighted by molar-refractivity contribution is 6.31. The van der Waals surface area contributed by atoms with Crippen LogP contribution in [0.4, 0.5) is 4.39 Å². The molecule has 0 aliphatic rings. The molecule has 0 spiro atoms. The second-order valence-electron chi connectivity index (χ2n) is 3.47. The zero-order valence-corrected chi connectivity index (χ0v) is 9.29. The molecule has 0 heterocycles. The van der Waals surface area contributed by atoms with Gasteiger partial charge in [-0.15, -0.1) is 0 Å². The number of hydrogen-bond donors (Lipinski definition) is 1. The monoisotopic (exact) mass is 244 g/mol. The Morgan fingerprint density at radius 2 is 2.12 bits per heavy atom. The highest BCUT2D eigenvalue weighted by atomic mass is 35.5. The third-order valence-electron chi connectivity index (χ3n) is 2.17. The van der Waals surface area contributed by atoms with E-state index in [9.17, 15) is 14.0 Å². The van der Waals surface area contributed by atoms with Gasteiger partial charge in [-0.1, -0.05) is 24.6 Å². The van der Waals surface area contributed by atoms with Gasteiger partial charge in [0.1, 0.15) is 0 Å². The van der Waals surface area contributed by atoms with Crippen molar-refractivity contribution in [3.05, 3.63) is 34.6 Å². The van der Waals surface area contributed by atoms with E-state index in [1.165, 1.54) is 25.1 Å². The van der Waals surface area contributed by atoms with E-state index in [-0.39, 0.29) is 17.0 Å². The van der Waals surface area contributed by atoms with Crippen LogP contribution in [0.2, 0.25) is 5.02 Å². The van der Waals surface area contributed by atoms with Crippen molar-refractivity contribution in [3.63, 3.8) is 0 Å². The summed E-state index contributed by atoms with van der Waals surface area (Å²) in [6.45, 7) is 1.39. The SMILES string of the molecule is CC(CC(=O)c1cccc(Cl)c1F)C(=O)O. The second kappa shape index (κ2) is 5.07. The molecular weight excluding hydrogens is 235 g/mol. The lowest BCUT2D eigenvalue weighted by atomic mass is 9.99. The van der Waals surface area contributed by atoms with Crippen LogP contribution < -0.4 is 0 Å². The minimum absolute atomic E-state index is 0.145. The zero-order valence-electron chi connectivity index (χ0n) is 8.54. The Balaban J connectivity index is 2.89. The van der Waals surface area contributed by atoms with Crippen LogP contribution in [-0.2, 0) is 4.79 Å². The first kappa shape index (κ1) is 12.6. The molecule has 0 saturated heterocycles. The zero-order chi connectivity index (χ0) is 12.3. The molecule has 5 heteroatoms. The van der Waals surface area contributed by atoms with E-state index in [1.807, 2.05) is 0 Å². The fourth-order valence-corrected chi connectivity index (χ4v) is 1.37. The van der Waals surface area contributed by atoms with Crippen molar-refractivity contribution in [2.75, 3.05) is 0 Å². The summed E-state index contributed by atoms with van der Waals surface area (Å²) in [4.78, 5) is 22.1. The highest BCUT2D eigenvalue weighted by Gasteiger charge is 2.20. The minimum atomic E-state index is -1.09. The van der Waals surface area contributed by atoms with Gasteiger partial charge < -0.3 is 5.11 Å². The van der Waals surface area contributed by atoms with Gasteiger partial charge in [-0.25, -0.2) is 4.39 Å². The number of carboxylic acid groups (broad SMARTS) is 1. The van der Waals surface area contributed by atoms with Crippen molar-refractivity contribution in [2.24, 2.45) is 5.92 Å². The molecule has 1 atom stereocenters. The molecule has 0 aliphatic heterocycles. The number of halogens is 2. The Hall–Kier alpha value is -1.42. The fraction of sp³-hybridized carbons (Fsp3) is 0.273. The van der Waals surface area contributed by atoms with Crippen LogP contribution in [0.15, 0.2) is 18.2 Å². The van der Waals surface area contributed by atoms with Crippen molar-refractivity contribution >= 4 is 23.4 Å². The normalized spacial score (nSPS) is 12.2. The fourth-order valence-electron chi connectivity index (χ4n) is 1.19. The molecule has 0 radical (unpaired) electrons. The molecule has 86 valence electrons. The number of ketones is 1. The lowest BCUT2D eigenvalue weighted by molar-refractivity contribution is -0.141. The maximum atomic E-state index is 13.4. The number of rotatable bonds is 4. The van der Waals surface area contributed by atoms with Gasteiger partial charge in [0.2, 0.25) is 0 Å². The molecule has 1 aromatic rings. The molecule has 3 nitrogen and oxygen atoms in total. The summed E-state index contributed by atoms with van der Waals surface area (Å²) in [6.07, 6.45) is -0.243. The lowest BCUT2D eigenvalue weighted by Gasteiger charge is -2.06. The number of benzene rings is 1. The molecule has 0 saturated carbocycles. The molecule has 0 aromatic heterocycles. The average molecular weight is 245 g/mol. The van der Waals surface area contributed by atoms with E-state index in [1.54, 1.807) is 0 Å². The number of carbonyl (C=O) groups is 2. The van der Waals surface area contributed by atoms with Gasteiger partial charge in [-0.05, 0) is 12.1 Å². The average Bonchev–Trinajstić information content (AvgIpc) is 2.21. The summed E-state index contributed by atoms with van der Waals surface area (Å²) in [5.41, 5.74) is -0.166. The van der Waals surface area contributed by atoms with Crippen molar-refractivity contribution in [1.82, 2.24) is 0 Å². The summed E-state index contributed by atoms with van der Waals surface area (Å²) < 4.78 is 13.4. The van der Waals surface area contributed by atoms with Gasteiger partial charge in [0.25, 0.3) is 0 Å². The van der Waals surface area contributed by atoms with E-state index in [4.69, 9.17) is 16.7 Å². The molecule has 0 amide bonds. The van der Waals surface area contributed by atoms with Crippen LogP contribution in [0.1, 0.15) is 23.7 Å². The quantitative estimate of drug-likeness (QED) is 0.829. The summed E-state index contributed by atoms with van der Waals surface area (Å²) in [6, 6.07) is 4.07. The van der Waals surface area contributed by atoms with Gasteiger partial charge in [-0.3, -0.25) is 9.59 Å². The molecule has 16 heavy (non-hydrogen) atoms. The van der Waals surface area contributed by atoms with Crippen LogP contribution in [-0.4, -0.2) is 16.9 Å². The van der Waals surface area contributed by atoms with Crippen LogP contribution in [0, 0.1) is 11.7 Å². The Labute approximate surface area is 96.8 Å². The van der Waals surface area contributed by atoms with E-state index in [2.05, 4.69) is 0 Å². The van der Waals surface area contributed by atoms with E-state index in [0.29, 0.717) is 0 Å². The maximum Gasteiger partial charge on any atom is 0.306 e. The Morgan fingerprint density at radius 3 is 2.69 bits per heavy atom. The maximum absolute atomic E-state index is 13.4. The molecular formula is C11H10ClFO3. The van der Waals surface area contributed by atoms with Gasteiger partial charge in [0, 0.05) is 6.42 Å². The first-order chi connectivity index (χ1) is 7.43. The van der Waals surface area contributed by atoms with E-state index in [0.717, 1.165) is 0 Å². The van der Waals surface area contributed by atoms with E-state index >= 15 is 0 Å². The largest absolute Gasteiger partial charge is 0.481 e. The second-order valence-corrected chi connectivity index (χ2v) is 3.88. The molecule has 0 fully saturated rings. The predicted molar refractivity (Wildman–Crippen MR) is 57.2 cm³/mol. The molecule has 0 bridgehead atoms. The van der Waals surface area contributed by atoms with Gasteiger partial charge in [0.15, 0.2) is 11.6 Å². The van der Waals surface area contributed by atoms with Gasteiger partial charge in [-0.2, -0.15) is 0 Å². The third-order valence-corrected chi connectivity index (χ3v) is 2.46. The van der Waals surface area contributed by atoms with Crippen molar-refractivity contribution < 1.29 is 19.1 Å². The van der Waals surface area contributed by atoms with Crippen LogP contribution in [0.25, 0.3) is 0 Å². The summed E-state index contributed by atoms with van der Waals surface area (Å²) in [5.74, 6) is -3.29. The van der Waals surface area contributed by atoms with Crippen molar-refractivity contribution in [3.8, 4) is 0 Å². The molecule has 1 aromatic carbocycles. The number of aliphatic carboxylic acids is 1. The standard InChI is InChI=1S/C11H10ClFO3/c1-6(11(15)16)5-9(14)7-3-2-4-8(12)10(7)13/h2-4,6H,5H2,1H3,(H,15,16). The minimum Gasteiger partial charge on any atom is -0.481 e. The predicted octanol–water partition coefficient (Wildman–Crippen LogP) is 2.77. The summed E-state index contributed by atoms with van der Waals surface area (Å²) in [7, 11) is 0. The Kier molecular flexibility index (Phi) is 4.01. The summed E-state index contributed by atoms with van der Waals surface area (Å²) >= 11 is 5.51. The smallest absolute Gasteiger partial charge is 0.306 e. The molecule has 1 N–H and O–H groups in total. The first-order valence-electron chi connectivity index (χ1n) is 4.63. The molecule has 0 aliphatic carbocycles. The van der Waals surface area contributed by atoms with Gasteiger partial charge in [0.05, 0.1) is 16.5 Å². The van der Waals surface area contributed by atoms with Crippen LogP contribution in [0.3, 0.4) is 0 Å². The van der Waals surface area contributed by atoms with Gasteiger partial charge >= 0.3 is 5.97 Å². The third kappa shape index (κ3) is 2.79. The first-order valence-corrected chi connectivity index (χ1v) is 5.01. The number of carboxylic acids is 1. The number of carbonyl (C=O) groups excluding carboxylic acids is 1. The highest BCUT2D eigenvalue weighted by Crippen LogP contribution is 2.20. The number of Topliss-reactive ketones (excluding diaryl/α,β-unsaturated/α-hetero) is 1. The Morgan fingerprint density at radius 1 is 1.50 bits per heavy atom. The van der Waals surface area contributed by atoms with Crippen LogP contribution in [0.5, 0.6) is 0 Å². The molecule has 1 unspecified atom stereocenters. The topological polar surface area (TPSA) is 54.4 Å².